The molecule has 4 nitrogen and oxygen atoms in total. The summed E-state index contributed by atoms with van der Waals surface area (Å²) < 4.78 is 0. The van der Waals surface area contributed by atoms with Crippen LogP contribution in [-0.4, -0.2) is 21.2 Å². The predicted octanol–water partition coefficient (Wildman–Crippen LogP) is 2.16. The smallest absolute Gasteiger partial charge is 0.307 e. The molecule has 1 heterocycles. The lowest BCUT2D eigenvalue weighted by atomic mass is 10.0. The Morgan fingerprint density at radius 2 is 2.18 bits per heavy atom. The third-order valence-electron chi connectivity index (χ3n) is 2.95. The molecule has 0 radical (unpaired) electrons. The predicted molar refractivity (Wildman–Crippen MR) is 65.0 cm³/mol. The van der Waals surface area contributed by atoms with Gasteiger partial charge >= 0.3 is 5.97 Å². The quantitative estimate of drug-likeness (QED) is 0.760. The summed E-state index contributed by atoms with van der Waals surface area (Å²) in [6, 6.07) is 5.56. The monoisotopic (exact) mass is 233 g/mol. The van der Waals surface area contributed by atoms with Gasteiger partial charge in [0.1, 0.15) is 0 Å². The zero-order valence-electron chi connectivity index (χ0n) is 9.82. The van der Waals surface area contributed by atoms with Crippen LogP contribution in [0.2, 0.25) is 0 Å². The number of aliphatic carboxylic acids is 1. The first-order valence-electron chi connectivity index (χ1n) is 5.50. The summed E-state index contributed by atoms with van der Waals surface area (Å²) >= 11 is 0. The van der Waals surface area contributed by atoms with Crippen LogP contribution in [0.5, 0.6) is 0 Å². The van der Waals surface area contributed by atoms with Crippen molar-refractivity contribution in [1.29, 1.82) is 0 Å². The van der Waals surface area contributed by atoms with Crippen molar-refractivity contribution in [3.8, 4) is 0 Å². The summed E-state index contributed by atoms with van der Waals surface area (Å²) in [5.41, 5.74) is 3.35. The molecule has 0 saturated heterocycles. The van der Waals surface area contributed by atoms with E-state index in [4.69, 9.17) is 5.11 Å². The molecule has 1 atom stereocenters. The number of aliphatic hydroxyl groups is 1. The van der Waals surface area contributed by atoms with Gasteiger partial charge in [-0.05, 0) is 37.1 Å². The molecule has 1 unspecified atom stereocenters. The molecule has 0 bridgehead atoms. The normalized spacial score (nSPS) is 12.9. The molecule has 1 aromatic heterocycles. The van der Waals surface area contributed by atoms with Gasteiger partial charge in [-0.3, -0.25) is 4.79 Å². The van der Waals surface area contributed by atoms with Gasteiger partial charge in [0, 0.05) is 16.6 Å². The average Bonchev–Trinajstić information content (AvgIpc) is 2.54. The molecule has 0 aliphatic carbocycles. The third-order valence-corrected chi connectivity index (χ3v) is 2.95. The Kier molecular flexibility index (Phi) is 2.90. The van der Waals surface area contributed by atoms with Crippen molar-refractivity contribution in [2.24, 2.45) is 0 Å². The van der Waals surface area contributed by atoms with E-state index >= 15 is 0 Å². The summed E-state index contributed by atoms with van der Waals surface area (Å²) in [5, 5.41) is 19.3. The summed E-state index contributed by atoms with van der Waals surface area (Å²) in [4.78, 5) is 14.0. The summed E-state index contributed by atoms with van der Waals surface area (Å²) in [6.07, 6.45) is -0.554. The number of hydrogen-bond donors (Lipinski definition) is 3. The van der Waals surface area contributed by atoms with Gasteiger partial charge in [0.05, 0.1) is 12.5 Å². The molecule has 1 aromatic carbocycles. The fourth-order valence-electron chi connectivity index (χ4n) is 2.04. The van der Waals surface area contributed by atoms with E-state index in [9.17, 15) is 9.90 Å². The minimum Gasteiger partial charge on any atom is -0.481 e. The Labute approximate surface area is 98.9 Å². The van der Waals surface area contributed by atoms with Crippen molar-refractivity contribution < 1.29 is 15.0 Å². The number of nitrogens with one attached hydrogen (secondary N) is 1. The molecule has 0 aliphatic heterocycles. The van der Waals surface area contributed by atoms with Crippen LogP contribution in [-0.2, 0) is 11.2 Å². The molecule has 0 fully saturated rings. The maximum Gasteiger partial charge on any atom is 0.307 e. The second-order valence-corrected chi connectivity index (χ2v) is 4.28. The van der Waals surface area contributed by atoms with Crippen LogP contribution in [0.15, 0.2) is 18.2 Å². The summed E-state index contributed by atoms with van der Waals surface area (Å²) in [5.74, 6) is -0.851. The van der Waals surface area contributed by atoms with Gasteiger partial charge in [0.25, 0.3) is 0 Å². The molecule has 2 aromatic rings. The molecule has 0 saturated carbocycles. The van der Waals surface area contributed by atoms with Crippen molar-refractivity contribution >= 4 is 16.9 Å². The zero-order chi connectivity index (χ0) is 12.6. The van der Waals surface area contributed by atoms with E-state index < -0.39 is 12.1 Å². The average molecular weight is 233 g/mol. The highest BCUT2D eigenvalue weighted by molar-refractivity contribution is 5.88. The molecule has 0 aliphatic rings. The fraction of sp³-hybridized carbons (Fsp3) is 0.308. The first-order chi connectivity index (χ1) is 7.99. The van der Waals surface area contributed by atoms with Crippen LogP contribution in [0.25, 0.3) is 10.9 Å². The Morgan fingerprint density at radius 3 is 2.76 bits per heavy atom. The third kappa shape index (κ3) is 2.17. The number of benzene rings is 1. The minimum atomic E-state index is -0.851. The van der Waals surface area contributed by atoms with Gasteiger partial charge in [0.2, 0.25) is 0 Å². The van der Waals surface area contributed by atoms with Crippen LogP contribution >= 0.6 is 0 Å². The Hall–Kier alpha value is -1.81. The number of hydrogen-bond acceptors (Lipinski definition) is 2. The van der Waals surface area contributed by atoms with Crippen LogP contribution < -0.4 is 0 Å². The van der Waals surface area contributed by atoms with Gasteiger partial charge in [-0.15, -0.1) is 0 Å². The molecule has 0 amide bonds. The number of aromatic nitrogens is 1. The van der Waals surface area contributed by atoms with Crippen molar-refractivity contribution in [2.75, 3.05) is 0 Å². The van der Waals surface area contributed by atoms with E-state index in [2.05, 4.69) is 4.98 Å². The minimum absolute atomic E-state index is 0.00486. The molecule has 17 heavy (non-hydrogen) atoms. The zero-order valence-corrected chi connectivity index (χ0v) is 9.82. The molecule has 2 rings (SSSR count). The second-order valence-electron chi connectivity index (χ2n) is 4.28. The first kappa shape index (κ1) is 11.7. The molecule has 90 valence electrons. The van der Waals surface area contributed by atoms with Crippen molar-refractivity contribution in [3.05, 3.63) is 35.0 Å². The number of carboxylic acid groups (broad SMARTS) is 1. The number of fused-ring (bicyclic) bond motifs is 1. The summed E-state index contributed by atoms with van der Waals surface area (Å²) in [6.45, 7) is 3.55. The number of H-pyrrole nitrogens is 1. The summed E-state index contributed by atoms with van der Waals surface area (Å²) in [7, 11) is 0. The van der Waals surface area contributed by atoms with Crippen LogP contribution in [0.1, 0.15) is 29.8 Å². The first-order valence-corrected chi connectivity index (χ1v) is 5.50. The molecular formula is C13H15NO3. The lowest BCUT2D eigenvalue weighted by molar-refractivity contribution is -0.136. The topological polar surface area (TPSA) is 73.3 Å². The fourth-order valence-corrected chi connectivity index (χ4v) is 2.04. The lowest BCUT2D eigenvalue weighted by Crippen LogP contribution is -2.01. The lowest BCUT2D eigenvalue weighted by Gasteiger charge is -2.05. The number of carbonyl (C=O) groups is 1. The van der Waals surface area contributed by atoms with Crippen molar-refractivity contribution in [2.45, 2.75) is 26.4 Å². The number of aromatic amines is 1. The Bertz CT molecular complexity index is 569. The van der Waals surface area contributed by atoms with E-state index in [1.54, 1.807) is 6.92 Å². The van der Waals surface area contributed by atoms with Gasteiger partial charge in [-0.25, -0.2) is 0 Å². The van der Waals surface area contributed by atoms with E-state index in [1.165, 1.54) is 0 Å². The standard InChI is InChI=1S/C13H15NO3/c1-7-10(6-13(16)17)11-5-9(8(2)15)3-4-12(11)14-7/h3-5,8,14-15H,6H2,1-2H3,(H,16,17). The largest absolute Gasteiger partial charge is 0.481 e. The van der Waals surface area contributed by atoms with Gasteiger partial charge in [-0.1, -0.05) is 6.07 Å². The Morgan fingerprint density at radius 1 is 1.47 bits per heavy atom. The number of carboxylic acids is 1. The number of aliphatic hydroxyl groups excluding tert-OH is 1. The van der Waals surface area contributed by atoms with E-state index in [1.807, 2.05) is 25.1 Å². The van der Waals surface area contributed by atoms with Crippen LogP contribution in [0.3, 0.4) is 0 Å². The molecule has 4 heteroatoms. The highest BCUT2D eigenvalue weighted by Crippen LogP contribution is 2.26. The Balaban J connectivity index is 2.60. The maximum absolute atomic E-state index is 10.8. The number of rotatable bonds is 3. The van der Waals surface area contributed by atoms with Gasteiger partial charge in [-0.2, -0.15) is 0 Å². The van der Waals surface area contributed by atoms with Crippen LogP contribution in [0.4, 0.5) is 0 Å². The highest BCUT2D eigenvalue weighted by Gasteiger charge is 2.13. The van der Waals surface area contributed by atoms with E-state index in [0.29, 0.717) is 0 Å². The van der Waals surface area contributed by atoms with Crippen LogP contribution in [0, 0.1) is 6.92 Å². The second kappa shape index (κ2) is 4.22. The maximum atomic E-state index is 10.8. The van der Waals surface area contributed by atoms with Gasteiger partial charge < -0.3 is 15.2 Å². The molecular weight excluding hydrogens is 218 g/mol. The molecule has 0 spiro atoms. The molecule has 3 N–H and O–H groups in total. The van der Waals surface area contributed by atoms with E-state index in [-0.39, 0.29) is 6.42 Å². The van der Waals surface area contributed by atoms with E-state index in [0.717, 1.165) is 27.7 Å². The highest BCUT2D eigenvalue weighted by atomic mass is 16.4. The SMILES string of the molecule is Cc1[nH]c2ccc(C(C)O)cc2c1CC(=O)O. The van der Waals surface area contributed by atoms with Crippen molar-refractivity contribution in [1.82, 2.24) is 4.98 Å². The number of aryl methyl sites for hydroxylation is 1. The van der Waals surface area contributed by atoms with Crippen molar-refractivity contribution in [3.63, 3.8) is 0 Å². The van der Waals surface area contributed by atoms with Gasteiger partial charge in [0.15, 0.2) is 0 Å².